The zero-order valence-electron chi connectivity index (χ0n) is 7.41. The molecule has 0 aromatic heterocycles. The van der Waals surface area contributed by atoms with Gasteiger partial charge in [0.2, 0.25) is 0 Å². The Morgan fingerprint density at radius 2 is 2.07 bits per heavy atom. The summed E-state index contributed by atoms with van der Waals surface area (Å²) >= 11 is 2.11. The second kappa shape index (κ2) is 5.94. The summed E-state index contributed by atoms with van der Waals surface area (Å²) in [6.07, 6.45) is 0. The van der Waals surface area contributed by atoms with E-state index in [0.717, 1.165) is 5.56 Å². The van der Waals surface area contributed by atoms with Crippen LogP contribution in [0.5, 0.6) is 0 Å². The molecule has 0 saturated heterocycles. The number of benzene rings is 1. The molecule has 0 fully saturated rings. The van der Waals surface area contributed by atoms with Gasteiger partial charge in [0.05, 0.1) is 12.7 Å². The van der Waals surface area contributed by atoms with Crippen LogP contribution in [0.15, 0.2) is 24.3 Å². The van der Waals surface area contributed by atoms with Crippen LogP contribution in [0.2, 0.25) is 0 Å². The van der Waals surface area contributed by atoms with Crippen molar-refractivity contribution in [3.8, 4) is 11.2 Å². The molecule has 1 aromatic rings. The first kappa shape index (κ1) is 11.4. The van der Waals surface area contributed by atoms with Crippen molar-refractivity contribution in [2.45, 2.75) is 0 Å². The molecule has 0 saturated carbocycles. The van der Waals surface area contributed by atoms with Gasteiger partial charge in [-0.15, -0.1) is 0 Å². The minimum atomic E-state index is -0.326. The number of carbonyl (C=O) groups is 1. The number of halogens is 1. The quantitative estimate of drug-likeness (QED) is 0.452. The largest absolute Gasteiger partial charge is 0.465 e. The summed E-state index contributed by atoms with van der Waals surface area (Å²) in [4.78, 5) is 11.1. The zero-order valence-corrected chi connectivity index (χ0v) is 10.4. The molecule has 0 heterocycles. The highest BCUT2D eigenvalue weighted by Gasteiger charge is 2.02. The molecule has 0 radical (unpaired) electrons. The van der Waals surface area contributed by atoms with Crippen molar-refractivity contribution in [3.63, 3.8) is 0 Å². The summed E-state index contributed by atoms with van der Waals surface area (Å²) < 4.78 is 4.58. The van der Waals surface area contributed by atoms with Crippen LogP contribution in [-0.4, -0.2) is 13.1 Å². The van der Waals surface area contributed by atoms with Crippen LogP contribution in [0.3, 0.4) is 0 Å². The van der Waals surface area contributed by atoms with Crippen LogP contribution in [0, 0.1) is 11.2 Å². The average molecular weight is 318 g/mol. The van der Waals surface area contributed by atoms with Gasteiger partial charge in [0.15, 0.2) is 0 Å². The van der Waals surface area contributed by atoms with Crippen LogP contribution < -0.4 is 0 Å². The summed E-state index contributed by atoms with van der Waals surface area (Å²) in [7, 11) is 2.79. The van der Waals surface area contributed by atoms with Crippen molar-refractivity contribution in [1.29, 1.82) is 0 Å². The molecule has 0 atom stereocenters. The van der Waals surface area contributed by atoms with E-state index in [-0.39, 0.29) is 5.97 Å². The second-order valence-corrected chi connectivity index (χ2v) is 4.05. The Labute approximate surface area is 99.0 Å². The van der Waals surface area contributed by atoms with Crippen LogP contribution in [-0.2, 0) is 4.74 Å². The molecular weight excluding hydrogens is 311 g/mol. The van der Waals surface area contributed by atoms with Crippen LogP contribution in [0.1, 0.15) is 15.9 Å². The second-order valence-electron chi connectivity index (χ2n) is 2.37. The van der Waals surface area contributed by atoms with Crippen molar-refractivity contribution in [2.75, 3.05) is 7.11 Å². The van der Waals surface area contributed by atoms with Gasteiger partial charge in [-0.05, 0) is 38.5 Å². The van der Waals surface area contributed by atoms with Gasteiger partial charge in [-0.2, -0.15) is 0 Å². The number of rotatable bonds is 1. The highest BCUT2D eigenvalue weighted by molar-refractivity contribution is 14.2. The van der Waals surface area contributed by atoms with E-state index in [1.807, 2.05) is 0 Å². The monoisotopic (exact) mass is 318 g/mol. The minimum absolute atomic E-state index is 0.326. The van der Waals surface area contributed by atoms with Gasteiger partial charge in [0.1, 0.15) is 0 Å². The Morgan fingerprint density at radius 3 is 2.57 bits per heavy atom. The van der Waals surface area contributed by atoms with Crippen LogP contribution in [0.4, 0.5) is 0 Å². The lowest BCUT2D eigenvalue weighted by Gasteiger charge is -1.97. The van der Waals surface area contributed by atoms with Gasteiger partial charge in [0.25, 0.3) is 0 Å². The molecule has 0 aliphatic rings. The molecule has 4 heteroatoms. The molecule has 0 amide bonds. The molecule has 2 nitrogen and oxygen atoms in total. The summed E-state index contributed by atoms with van der Waals surface area (Å²) in [5.41, 5.74) is 1.43. The van der Waals surface area contributed by atoms with Crippen LogP contribution >= 0.6 is 30.1 Å². The molecule has 14 heavy (non-hydrogen) atoms. The van der Waals surface area contributed by atoms with Crippen molar-refractivity contribution < 1.29 is 9.53 Å². The third-order valence-electron chi connectivity index (χ3n) is 1.54. The number of esters is 1. The summed E-state index contributed by atoms with van der Waals surface area (Å²) in [5.74, 6) is 2.61. The maximum absolute atomic E-state index is 11.1. The Kier molecular flexibility index (Phi) is 4.84. The molecule has 0 bridgehead atoms. The van der Waals surface area contributed by atoms with E-state index in [0.29, 0.717) is 5.56 Å². The lowest BCUT2D eigenvalue weighted by Crippen LogP contribution is -2.00. The summed E-state index contributed by atoms with van der Waals surface area (Å²) in [6.45, 7) is 0. The smallest absolute Gasteiger partial charge is 0.337 e. The fourth-order valence-corrected chi connectivity index (χ4v) is 1.37. The van der Waals surface area contributed by atoms with E-state index in [1.165, 1.54) is 16.0 Å². The van der Waals surface area contributed by atoms with Gasteiger partial charge in [-0.3, -0.25) is 0 Å². The Morgan fingerprint density at radius 1 is 1.43 bits per heavy atom. The molecule has 0 aliphatic heterocycles. The molecule has 72 valence electrons. The van der Waals surface area contributed by atoms with E-state index in [9.17, 15) is 4.79 Å². The van der Waals surface area contributed by atoms with Crippen molar-refractivity contribution in [1.82, 2.24) is 0 Å². The predicted octanol–water partition coefficient (Wildman–Crippen LogP) is 2.87. The highest BCUT2D eigenvalue weighted by atomic mass is 127. The SMILES string of the molecule is COC(=O)c1ccc(C#CSI)cc1. The maximum Gasteiger partial charge on any atom is 0.337 e. The molecule has 0 unspecified atom stereocenters. The van der Waals surface area contributed by atoms with E-state index in [2.05, 4.69) is 37.1 Å². The lowest BCUT2D eigenvalue weighted by atomic mass is 10.1. The first-order chi connectivity index (χ1) is 6.77. The predicted molar refractivity (Wildman–Crippen MR) is 66.3 cm³/mol. The number of hydrogen-bond donors (Lipinski definition) is 0. The van der Waals surface area contributed by atoms with E-state index in [4.69, 9.17) is 0 Å². The van der Waals surface area contributed by atoms with Gasteiger partial charge >= 0.3 is 5.97 Å². The maximum atomic E-state index is 11.1. The first-order valence-corrected chi connectivity index (χ1v) is 7.11. The zero-order chi connectivity index (χ0) is 10.4. The highest BCUT2D eigenvalue weighted by Crippen LogP contribution is 2.09. The third kappa shape index (κ3) is 3.24. The topological polar surface area (TPSA) is 26.3 Å². The fourth-order valence-electron chi connectivity index (χ4n) is 0.886. The molecule has 1 rings (SSSR count). The average Bonchev–Trinajstić information content (AvgIpc) is 2.26. The fraction of sp³-hybridized carbons (Fsp3) is 0.100. The van der Waals surface area contributed by atoms with E-state index >= 15 is 0 Å². The molecular formula is C10H7IO2S. The van der Waals surface area contributed by atoms with Gasteiger partial charge in [-0.25, -0.2) is 4.79 Å². The van der Waals surface area contributed by atoms with Gasteiger partial charge in [0, 0.05) is 26.8 Å². The number of hydrogen-bond acceptors (Lipinski definition) is 3. The standard InChI is InChI=1S/C10H7IO2S/c1-13-10(12)9-4-2-8(3-5-9)6-7-14-11/h2-5H,1H3. The Balaban J connectivity index is 2.83. The summed E-state index contributed by atoms with van der Waals surface area (Å²) in [6, 6.07) is 7.00. The third-order valence-corrected chi connectivity index (χ3v) is 2.38. The number of ether oxygens (including phenoxy) is 1. The van der Waals surface area contributed by atoms with Crippen molar-refractivity contribution in [3.05, 3.63) is 35.4 Å². The van der Waals surface area contributed by atoms with Crippen LogP contribution in [0.25, 0.3) is 0 Å². The van der Waals surface area contributed by atoms with E-state index in [1.54, 1.807) is 24.3 Å². The minimum Gasteiger partial charge on any atom is -0.465 e. The van der Waals surface area contributed by atoms with Gasteiger partial charge < -0.3 is 4.74 Å². The van der Waals surface area contributed by atoms with Crippen molar-refractivity contribution >= 4 is 36.1 Å². The first-order valence-electron chi connectivity index (χ1n) is 3.75. The van der Waals surface area contributed by atoms with E-state index < -0.39 is 0 Å². The molecule has 0 N–H and O–H groups in total. The summed E-state index contributed by atoms with van der Waals surface area (Å²) in [5, 5.41) is 2.86. The molecule has 0 aliphatic carbocycles. The normalized spacial score (nSPS) is 8.71. The Bertz CT molecular complexity index is 375. The molecule has 1 aromatic carbocycles. The van der Waals surface area contributed by atoms with Gasteiger partial charge in [-0.1, -0.05) is 5.92 Å². The van der Waals surface area contributed by atoms with Crippen molar-refractivity contribution in [2.24, 2.45) is 0 Å². The number of carbonyl (C=O) groups excluding carboxylic acids is 1. The molecule has 0 spiro atoms. The Hall–Kier alpha value is -0.670. The lowest BCUT2D eigenvalue weighted by molar-refractivity contribution is 0.0601. The number of methoxy groups -OCH3 is 1.